The van der Waals surface area contributed by atoms with Gasteiger partial charge in [0.05, 0.1) is 25.4 Å². The van der Waals surface area contributed by atoms with E-state index in [0.717, 1.165) is 11.0 Å². The summed E-state index contributed by atoms with van der Waals surface area (Å²) in [6.07, 6.45) is -0.481. The van der Waals surface area contributed by atoms with E-state index in [9.17, 15) is 5.11 Å². The van der Waals surface area contributed by atoms with E-state index in [1.807, 2.05) is 12.3 Å². The zero-order chi connectivity index (χ0) is 13.4. The molecule has 0 aliphatic carbocycles. The highest BCUT2D eigenvalue weighted by atomic mass is 79.9. The minimum atomic E-state index is -0.493. The Balaban J connectivity index is 2.08. The summed E-state index contributed by atoms with van der Waals surface area (Å²) in [5.74, 6) is 0. The van der Waals surface area contributed by atoms with Crippen LogP contribution in [0.2, 0.25) is 0 Å². The lowest BCUT2D eigenvalue weighted by Gasteiger charge is -2.16. The minimum absolute atomic E-state index is 0.0119. The van der Waals surface area contributed by atoms with Crippen LogP contribution in [-0.4, -0.2) is 44.2 Å². The maximum atomic E-state index is 9.72. The van der Waals surface area contributed by atoms with Crippen molar-refractivity contribution in [2.45, 2.75) is 25.7 Å². The molecule has 2 atom stereocenters. The quantitative estimate of drug-likeness (QED) is 0.723. The van der Waals surface area contributed by atoms with Gasteiger partial charge in [-0.2, -0.15) is 0 Å². The fraction of sp³-hybridized carbons (Fsp3) is 0.667. The molecule has 104 valence electrons. The molecule has 4 nitrogen and oxygen atoms in total. The molecule has 6 heteroatoms. The molecule has 2 unspecified atom stereocenters. The molecule has 0 fully saturated rings. The number of aliphatic hydroxyl groups is 1. The molecule has 1 aromatic heterocycles. The lowest BCUT2D eigenvalue weighted by Crippen LogP contribution is -2.32. The van der Waals surface area contributed by atoms with Gasteiger partial charge in [0.2, 0.25) is 0 Å². The first kappa shape index (κ1) is 16.1. The van der Waals surface area contributed by atoms with Gasteiger partial charge in [0.25, 0.3) is 0 Å². The largest absolute Gasteiger partial charge is 0.389 e. The fourth-order valence-corrected chi connectivity index (χ4v) is 2.85. The van der Waals surface area contributed by atoms with Gasteiger partial charge in [-0.3, -0.25) is 0 Å². The second kappa shape index (κ2) is 9.01. The summed E-state index contributed by atoms with van der Waals surface area (Å²) < 4.78 is 11.5. The summed E-state index contributed by atoms with van der Waals surface area (Å²) >= 11 is 5.10. The predicted molar refractivity (Wildman–Crippen MR) is 77.0 cm³/mol. The van der Waals surface area contributed by atoms with Gasteiger partial charge in [0.15, 0.2) is 0 Å². The van der Waals surface area contributed by atoms with Crippen molar-refractivity contribution in [3.05, 3.63) is 20.8 Å². The lowest BCUT2D eigenvalue weighted by molar-refractivity contribution is -0.0311. The highest BCUT2D eigenvalue weighted by molar-refractivity contribution is 9.10. The van der Waals surface area contributed by atoms with Crippen LogP contribution in [0.3, 0.4) is 0 Å². The van der Waals surface area contributed by atoms with Crippen LogP contribution in [0.25, 0.3) is 0 Å². The van der Waals surface area contributed by atoms with Gasteiger partial charge in [-0.05, 0) is 28.9 Å². The highest BCUT2D eigenvalue weighted by Crippen LogP contribution is 2.19. The van der Waals surface area contributed by atoms with Crippen LogP contribution in [0.1, 0.15) is 11.8 Å². The monoisotopic (exact) mass is 337 g/mol. The van der Waals surface area contributed by atoms with Crippen molar-refractivity contribution in [1.82, 2.24) is 5.32 Å². The van der Waals surface area contributed by atoms with E-state index < -0.39 is 6.10 Å². The summed E-state index contributed by atoms with van der Waals surface area (Å²) in [5.41, 5.74) is 0. The Morgan fingerprint density at radius 1 is 1.50 bits per heavy atom. The molecule has 1 heterocycles. The molecule has 2 N–H and O–H groups in total. The van der Waals surface area contributed by atoms with Crippen LogP contribution in [0.5, 0.6) is 0 Å². The maximum absolute atomic E-state index is 9.72. The van der Waals surface area contributed by atoms with E-state index in [0.29, 0.717) is 19.8 Å². The summed E-state index contributed by atoms with van der Waals surface area (Å²) in [4.78, 5) is 1.24. The van der Waals surface area contributed by atoms with Crippen LogP contribution in [-0.2, 0) is 16.0 Å². The summed E-state index contributed by atoms with van der Waals surface area (Å²) in [6, 6.07) is 2.07. The van der Waals surface area contributed by atoms with E-state index in [1.54, 1.807) is 18.4 Å². The van der Waals surface area contributed by atoms with E-state index >= 15 is 0 Å². The summed E-state index contributed by atoms with van der Waals surface area (Å²) in [7, 11) is 1.64. The number of hydrogen-bond acceptors (Lipinski definition) is 5. The van der Waals surface area contributed by atoms with Crippen LogP contribution in [0, 0.1) is 0 Å². The van der Waals surface area contributed by atoms with Gasteiger partial charge in [-0.1, -0.05) is 0 Å². The SMILES string of the molecule is COCC(C)OCC(O)CNCc1cc(Br)cs1. The molecule has 18 heavy (non-hydrogen) atoms. The third-order valence-corrected chi connectivity index (χ3v) is 3.97. The van der Waals surface area contributed by atoms with E-state index in [4.69, 9.17) is 9.47 Å². The van der Waals surface area contributed by atoms with Gasteiger partial charge in [0, 0.05) is 34.9 Å². The normalized spacial score (nSPS) is 14.7. The zero-order valence-electron chi connectivity index (χ0n) is 10.7. The van der Waals surface area contributed by atoms with Crippen molar-refractivity contribution in [2.75, 3.05) is 26.9 Å². The smallest absolute Gasteiger partial charge is 0.0897 e. The molecule has 0 amide bonds. The summed E-state index contributed by atoms with van der Waals surface area (Å²) in [6.45, 7) is 4.08. The van der Waals surface area contributed by atoms with E-state index in [-0.39, 0.29) is 6.10 Å². The number of hydrogen-bond donors (Lipinski definition) is 2. The third kappa shape index (κ3) is 6.82. The highest BCUT2D eigenvalue weighted by Gasteiger charge is 2.08. The zero-order valence-corrected chi connectivity index (χ0v) is 13.1. The van der Waals surface area contributed by atoms with Crippen molar-refractivity contribution in [2.24, 2.45) is 0 Å². The molecule has 0 bridgehead atoms. The standard InChI is InChI=1S/C12H20BrNO3S/c1-9(6-16-2)17-7-11(15)4-14-5-12-3-10(13)8-18-12/h3,8-9,11,14-15H,4-7H2,1-2H3. The number of thiophene rings is 1. The maximum Gasteiger partial charge on any atom is 0.0897 e. The molecule has 1 rings (SSSR count). The Hall–Kier alpha value is 0.0200. The molecule has 0 saturated heterocycles. The Labute approximate surface area is 120 Å². The number of aliphatic hydroxyl groups excluding tert-OH is 1. The molecule has 0 radical (unpaired) electrons. The summed E-state index contributed by atoms with van der Waals surface area (Å²) in [5, 5.41) is 15.0. The third-order valence-electron chi connectivity index (χ3n) is 2.28. The topological polar surface area (TPSA) is 50.7 Å². The lowest BCUT2D eigenvalue weighted by atomic mass is 10.3. The van der Waals surface area contributed by atoms with Gasteiger partial charge < -0.3 is 19.9 Å². The van der Waals surface area contributed by atoms with Crippen molar-refractivity contribution < 1.29 is 14.6 Å². The first-order valence-electron chi connectivity index (χ1n) is 5.84. The molecule has 0 saturated carbocycles. The number of halogens is 1. The number of nitrogens with one attached hydrogen (secondary N) is 1. The first-order chi connectivity index (χ1) is 8.61. The second-order valence-corrected chi connectivity index (χ2v) is 6.03. The Kier molecular flexibility index (Phi) is 8.05. The Bertz CT molecular complexity index is 335. The van der Waals surface area contributed by atoms with Crippen molar-refractivity contribution in [3.63, 3.8) is 0 Å². The minimum Gasteiger partial charge on any atom is -0.389 e. The molecule has 0 spiro atoms. The number of rotatable bonds is 9. The van der Waals surface area contributed by atoms with Gasteiger partial charge in [0.1, 0.15) is 0 Å². The Morgan fingerprint density at radius 3 is 2.89 bits per heavy atom. The van der Waals surface area contributed by atoms with Crippen LogP contribution in [0.4, 0.5) is 0 Å². The number of methoxy groups -OCH3 is 1. The van der Waals surface area contributed by atoms with Crippen LogP contribution in [0.15, 0.2) is 15.9 Å². The molecule has 0 aliphatic heterocycles. The van der Waals surface area contributed by atoms with Crippen molar-refractivity contribution >= 4 is 27.3 Å². The molecular formula is C12H20BrNO3S. The first-order valence-corrected chi connectivity index (χ1v) is 7.51. The Morgan fingerprint density at radius 2 is 2.28 bits per heavy atom. The predicted octanol–water partition coefficient (Wildman–Crippen LogP) is 2.01. The van der Waals surface area contributed by atoms with Gasteiger partial charge in [-0.25, -0.2) is 0 Å². The average Bonchev–Trinajstić information content (AvgIpc) is 2.73. The van der Waals surface area contributed by atoms with E-state index in [1.165, 1.54) is 4.88 Å². The van der Waals surface area contributed by atoms with Crippen LogP contribution >= 0.6 is 27.3 Å². The van der Waals surface area contributed by atoms with Crippen LogP contribution < -0.4 is 5.32 Å². The average molecular weight is 338 g/mol. The van der Waals surface area contributed by atoms with Crippen molar-refractivity contribution in [1.29, 1.82) is 0 Å². The van der Waals surface area contributed by atoms with E-state index in [2.05, 4.69) is 27.3 Å². The van der Waals surface area contributed by atoms with Gasteiger partial charge in [-0.15, -0.1) is 11.3 Å². The van der Waals surface area contributed by atoms with Crippen molar-refractivity contribution in [3.8, 4) is 0 Å². The molecule has 1 aromatic rings. The molecule has 0 aliphatic rings. The number of ether oxygens (including phenoxy) is 2. The van der Waals surface area contributed by atoms with Gasteiger partial charge >= 0.3 is 0 Å². The molecular weight excluding hydrogens is 318 g/mol. The second-order valence-electron chi connectivity index (χ2n) is 4.12. The molecule has 0 aromatic carbocycles. The fourth-order valence-electron chi connectivity index (χ4n) is 1.43.